The van der Waals surface area contributed by atoms with Crippen molar-refractivity contribution in [3.63, 3.8) is 0 Å². The van der Waals surface area contributed by atoms with Crippen molar-refractivity contribution in [2.75, 3.05) is 0 Å². The van der Waals surface area contributed by atoms with E-state index in [1.54, 1.807) is 13.0 Å². The van der Waals surface area contributed by atoms with E-state index in [1.807, 2.05) is 0 Å². The zero-order valence-electron chi connectivity index (χ0n) is 5.09. The lowest BCUT2D eigenvalue weighted by molar-refractivity contribution is 0.379. The summed E-state index contributed by atoms with van der Waals surface area (Å²) in [6.45, 7) is 5.03. The van der Waals surface area contributed by atoms with Gasteiger partial charge in [0.1, 0.15) is 0 Å². The Morgan fingerprint density at radius 3 is 2.78 bits per heavy atom. The summed E-state index contributed by atoms with van der Waals surface area (Å²) in [5.41, 5.74) is 0.736. The monoisotopic (exact) mass is 125 g/mol. The molecule has 0 radical (unpaired) electrons. The summed E-state index contributed by atoms with van der Waals surface area (Å²) in [5.74, 6) is 0.239. The van der Waals surface area contributed by atoms with Crippen LogP contribution in [0, 0.1) is 6.92 Å². The number of hydrogen-bond acceptors (Lipinski definition) is 3. The van der Waals surface area contributed by atoms with Crippen LogP contribution in [0.4, 0.5) is 0 Å². The van der Waals surface area contributed by atoms with E-state index in [0.717, 1.165) is 5.69 Å². The Kier molecular flexibility index (Phi) is 1.26. The SMILES string of the molecule is C=C(O)c1cc(C)no1. The molecule has 1 aromatic heterocycles. The van der Waals surface area contributed by atoms with Gasteiger partial charge >= 0.3 is 0 Å². The number of aromatic nitrogens is 1. The molecule has 0 atom stereocenters. The van der Waals surface area contributed by atoms with Gasteiger partial charge in [0.25, 0.3) is 0 Å². The van der Waals surface area contributed by atoms with E-state index in [9.17, 15) is 0 Å². The van der Waals surface area contributed by atoms with Crippen molar-refractivity contribution in [3.8, 4) is 0 Å². The predicted octanol–water partition coefficient (Wildman–Crippen LogP) is 1.51. The lowest BCUT2D eigenvalue weighted by atomic mass is 10.3. The number of nitrogens with zero attached hydrogens (tertiary/aromatic N) is 1. The van der Waals surface area contributed by atoms with E-state index in [-0.39, 0.29) is 5.76 Å². The number of aliphatic hydroxyl groups excluding tert-OH is 1. The van der Waals surface area contributed by atoms with E-state index in [2.05, 4.69) is 16.3 Å². The molecule has 3 nitrogen and oxygen atoms in total. The summed E-state index contributed by atoms with van der Waals surface area (Å²) in [5, 5.41) is 12.3. The summed E-state index contributed by atoms with van der Waals surface area (Å²) in [7, 11) is 0. The second-order valence-corrected chi connectivity index (χ2v) is 1.78. The van der Waals surface area contributed by atoms with Gasteiger partial charge in [0.05, 0.1) is 5.69 Å². The van der Waals surface area contributed by atoms with Crippen LogP contribution in [-0.2, 0) is 0 Å². The van der Waals surface area contributed by atoms with Gasteiger partial charge in [0.2, 0.25) is 5.76 Å². The van der Waals surface area contributed by atoms with Crippen LogP contribution in [0.2, 0.25) is 0 Å². The smallest absolute Gasteiger partial charge is 0.200 e. The zero-order chi connectivity index (χ0) is 6.85. The average Bonchev–Trinajstić information content (AvgIpc) is 2.14. The number of aryl methyl sites for hydroxylation is 1. The molecule has 0 amide bonds. The first-order valence-electron chi connectivity index (χ1n) is 2.51. The van der Waals surface area contributed by atoms with Gasteiger partial charge in [-0.25, -0.2) is 0 Å². The minimum Gasteiger partial charge on any atom is -0.505 e. The van der Waals surface area contributed by atoms with Crippen molar-refractivity contribution in [3.05, 3.63) is 24.1 Å². The first-order valence-corrected chi connectivity index (χ1v) is 2.51. The van der Waals surface area contributed by atoms with E-state index in [4.69, 9.17) is 5.11 Å². The van der Waals surface area contributed by atoms with Crippen molar-refractivity contribution in [1.29, 1.82) is 0 Å². The van der Waals surface area contributed by atoms with Crippen LogP contribution in [0.1, 0.15) is 11.5 Å². The highest BCUT2D eigenvalue weighted by Crippen LogP contribution is 2.08. The molecule has 0 aliphatic heterocycles. The average molecular weight is 125 g/mol. The summed E-state index contributed by atoms with van der Waals surface area (Å²) in [6, 6.07) is 1.61. The van der Waals surface area contributed by atoms with Gasteiger partial charge in [0.15, 0.2) is 5.76 Å². The number of aliphatic hydroxyl groups is 1. The third-order valence-electron chi connectivity index (χ3n) is 0.912. The zero-order valence-corrected chi connectivity index (χ0v) is 5.09. The van der Waals surface area contributed by atoms with Gasteiger partial charge in [-0.15, -0.1) is 0 Å². The Morgan fingerprint density at radius 1 is 1.89 bits per heavy atom. The molecule has 0 saturated heterocycles. The second-order valence-electron chi connectivity index (χ2n) is 1.78. The third kappa shape index (κ3) is 1.10. The van der Waals surface area contributed by atoms with E-state index in [1.165, 1.54) is 0 Å². The molecule has 0 spiro atoms. The molecular formula is C6H7NO2. The lowest BCUT2D eigenvalue weighted by Crippen LogP contribution is -1.71. The molecular weight excluding hydrogens is 118 g/mol. The van der Waals surface area contributed by atoms with E-state index < -0.39 is 0 Å². The molecule has 0 aliphatic rings. The van der Waals surface area contributed by atoms with Gasteiger partial charge in [-0.3, -0.25) is 0 Å². The highest BCUT2D eigenvalue weighted by molar-refractivity contribution is 5.49. The Morgan fingerprint density at radius 2 is 2.56 bits per heavy atom. The van der Waals surface area contributed by atoms with E-state index >= 15 is 0 Å². The van der Waals surface area contributed by atoms with Crippen LogP contribution in [0.5, 0.6) is 0 Å². The fourth-order valence-corrected chi connectivity index (χ4v) is 0.500. The van der Waals surface area contributed by atoms with Crippen LogP contribution in [-0.4, -0.2) is 10.3 Å². The van der Waals surface area contributed by atoms with Crippen molar-refractivity contribution in [2.24, 2.45) is 0 Å². The van der Waals surface area contributed by atoms with Crippen molar-refractivity contribution >= 4 is 5.76 Å². The largest absolute Gasteiger partial charge is 0.505 e. The first kappa shape index (κ1) is 5.88. The molecule has 1 rings (SSSR count). The number of hydrogen-bond donors (Lipinski definition) is 1. The van der Waals surface area contributed by atoms with Crippen LogP contribution in [0.15, 0.2) is 17.2 Å². The van der Waals surface area contributed by atoms with Gasteiger partial charge in [0, 0.05) is 6.07 Å². The fraction of sp³-hybridized carbons (Fsp3) is 0.167. The quantitative estimate of drug-likeness (QED) is 0.578. The molecule has 0 aromatic carbocycles. The van der Waals surface area contributed by atoms with Crippen molar-refractivity contribution < 1.29 is 9.63 Å². The summed E-state index contributed by atoms with van der Waals surface area (Å²) in [6.07, 6.45) is 0. The topological polar surface area (TPSA) is 46.3 Å². The standard InChI is InChI=1S/C6H7NO2/c1-4-3-6(5(2)8)9-7-4/h3,8H,2H2,1H3. The Hall–Kier alpha value is -1.25. The molecule has 3 heteroatoms. The molecule has 0 aliphatic carbocycles. The highest BCUT2D eigenvalue weighted by atomic mass is 16.5. The molecule has 48 valence electrons. The molecule has 0 bridgehead atoms. The normalized spacial score (nSPS) is 9.44. The summed E-state index contributed by atoms with van der Waals surface area (Å²) in [4.78, 5) is 0. The summed E-state index contributed by atoms with van der Waals surface area (Å²) >= 11 is 0. The van der Waals surface area contributed by atoms with Crippen molar-refractivity contribution in [1.82, 2.24) is 5.16 Å². The van der Waals surface area contributed by atoms with Crippen molar-refractivity contribution in [2.45, 2.75) is 6.92 Å². The summed E-state index contributed by atoms with van der Waals surface area (Å²) < 4.78 is 4.63. The second kappa shape index (κ2) is 1.93. The van der Waals surface area contributed by atoms with Gasteiger partial charge in [-0.05, 0) is 6.92 Å². The molecule has 1 heterocycles. The van der Waals surface area contributed by atoms with Crippen LogP contribution < -0.4 is 0 Å². The number of rotatable bonds is 1. The molecule has 0 saturated carbocycles. The Bertz CT molecular complexity index is 227. The molecule has 0 fully saturated rings. The Balaban J connectivity index is 2.98. The molecule has 9 heavy (non-hydrogen) atoms. The molecule has 0 unspecified atom stereocenters. The minimum absolute atomic E-state index is 0.0874. The molecule has 1 aromatic rings. The maximum absolute atomic E-state index is 8.71. The van der Waals surface area contributed by atoms with Gasteiger partial charge in [-0.2, -0.15) is 0 Å². The minimum atomic E-state index is -0.0874. The first-order chi connectivity index (χ1) is 4.20. The van der Waals surface area contributed by atoms with Gasteiger partial charge in [-0.1, -0.05) is 11.7 Å². The van der Waals surface area contributed by atoms with Crippen LogP contribution in [0.3, 0.4) is 0 Å². The maximum atomic E-state index is 8.71. The fourth-order valence-electron chi connectivity index (χ4n) is 0.500. The predicted molar refractivity (Wildman–Crippen MR) is 32.9 cm³/mol. The van der Waals surface area contributed by atoms with Crippen LogP contribution >= 0.6 is 0 Å². The highest BCUT2D eigenvalue weighted by Gasteiger charge is 2.00. The third-order valence-corrected chi connectivity index (χ3v) is 0.912. The lowest BCUT2D eigenvalue weighted by Gasteiger charge is -1.83. The van der Waals surface area contributed by atoms with Crippen LogP contribution in [0.25, 0.3) is 5.76 Å². The maximum Gasteiger partial charge on any atom is 0.200 e. The van der Waals surface area contributed by atoms with E-state index in [0.29, 0.717) is 5.76 Å². The van der Waals surface area contributed by atoms with Gasteiger partial charge < -0.3 is 9.63 Å². The molecule has 1 N–H and O–H groups in total. The Labute approximate surface area is 52.6 Å².